The van der Waals surface area contributed by atoms with E-state index in [4.69, 9.17) is 0 Å². The predicted octanol–water partition coefficient (Wildman–Crippen LogP) is 1.56. The molecule has 2 heterocycles. The maximum atomic E-state index is 4.27. The fraction of sp³-hybridized carbons (Fsp3) is 0.308. The standard InChI is InChI=1S/C13H17N5/c1-14-6-4-8-16-13-17-9-11(10-18-13)12-5-2-3-7-15-12/h2-3,5,7,9-10,14H,4,6,8H2,1H3,(H,16,17,18). The van der Waals surface area contributed by atoms with Crippen LogP contribution in [0.3, 0.4) is 0 Å². The number of nitrogens with one attached hydrogen (secondary N) is 2. The molecule has 0 aliphatic heterocycles. The van der Waals surface area contributed by atoms with E-state index in [-0.39, 0.29) is 0 Å². The summed E-state index contributed by atoms with van der Waals surface area (Å²) in [5.41, 5.74) is 1.82. The second-order valence-electron chi connectivity index (χ2n) is 3.89. The highest BCUT2D eigenvalue weighted by Gasteiger charge is 2.00. The Bertz CT molecular complexity index is 455. The summed E-state index contributed by atoms with van der Waals surface area (Å²) in [5, 5.41) is 6.27. The lowest BCUT2D eigenvalue weighted by atomic mass is 10.2. The van der Waals surface area contributed by atoms with Crippen molar-refractivity contribution in [2.45, 2.75) is 6.42 Å². The molecule has 0 bridgehead atoms. The molecule has 2 aromatic rings. The summed E-state index contributed by atoms with van der Waals surface area (Å²) >= 11 is 0. The molecule has 0 fully saturated rings. The van der Waals surface area contributed by atoms with Crippen LogP contribution in [-0.2, 0) is 0 Å². The average Bonchev–Trinajstić information content (AvgIpc) is 2.45. The normalized spacial score (nSPS) is 10.3. The first-order valence-corrected chi connectivity index (χ1v) is 6.02. The maximum Gasteiger partial charge on any atom is 0.222 e. The van der Waals surface area contributed by atoms with Crippen molar-refractivity contribution in [3.8, 4) is 11.3 Å². The molecule has 0 radical (unpaired) electrons. The van der Waals surface area contributed by atoms with Crippen molar-refractivity contribution in [2.24, 2.45) is 0 Å². The van der Waals surface area contributed by atoms with Gasteiger partial charge < -0.3 is 10.6 Å². The summed E-state index contributed by atoms with van der Waals surface area (Å²) in [6.07, 6.45) is 6.38. The molecule has 0 aromatic carbocycles. The topological polar surface area (TPSA) is 62.7 Å². The Hall–Kier alpha value is -2.01. The molecular formula is C13H17N5. The summed E-state index contributed by atoms with van der Waals surface area (Å²) in [6.45, 7) is 1.85. The molecule has 5 nitrogen and oxygen atoms in total. The van der Waals surface area contributed by atoms with E-state index in [2.05, 4.69) is 25.6 Å². The highest BCUT2D eigenvalue weighted by atomic mass is 15.1. The summed E-state index contributed by atoms with van der Waals surface area (Å²) in [7, 11) is 1.94. The predicted molar refractivity (Wildman–Crippen MR) is 72.3 cm³/mol. The van der Waals surface area contributed by atoms with Crippen molar-refractivity contribution in [3.63, 3.8) is 0 Å². The van der Waals surface area contributed by atoms with Gasteiger partial charge in [0.05, 0.1) is 5.69 Å². The largest absolute Gasteiger partial charge is 0.354 e. The van der Waals surface area contributed by atoms with E-state index in [1.807, 2.05) is 25.2 Å². The lowest BCUT2D eigenvalue weighted by Gasteiger charge is -2.05. The van der Waals surface area contributed by atoms with Crippen molar-refractivity contribution < 1.29 is 0 Å². The molecule has 0 spiro atoms. The second kappa shape index (κ2) is 6.66. The van der Waals surface area contributed by atoms with Crippen LogP contribution in [0.4, 0.5) is 5.95 Å². The van der Waals surface area contributed by atoms with Crippen molar-refractivity contribution in [3.05, 3.63) is 36.8 Å². The monoisotopic (exact) mass is 243 g/mol. The Morgan fingerprint density at radius 2 is 1.89 bits per heavy atom. The summed E-state index contributed by atoms with van der Waals surface area (Å²) in [6, 6.07) is 5.78. The van der Waals surface area contributed by atoms with Gasteiger partial charge in [0.15, 0.2) is 0 Å². The third-order valence-electron chi connectivity index (χ3n) is 2.50. The maximum absolute atomic E-state index is 4.27. The van der Waals surface area contributed by atoms with E-state index in [1.165, 1.54) is 0 Å². The van der Waals surface area contributed by atoms with Gasteiger partial charge in [-0.05, 0) is 32.1 Å². The van der Waals surface area contributed by atoms with Gasteiger partial charge >= 0.3 is 0 Å². The van der Waals surface area contributed by atoms with Crippen LogP contribution in [-0.4, -0.2) is 35.1 Å². The van der Waals surface area contributed by atoms with Gasteiger partial charge in [-0.25, -0.2) is 9.97 Å². The second-order valence-corrected chi connectivity index (χ2v) is 3.89. The van der Waals surface area contributed by atoms with Crippen molar-refractivity contribution >= 4 is 5.95 Å². The van der Waals surface area contributed by atoms with Crippen LogP contribution in [0.1, 0.15) is 6.42 Å². The van der Waals surface area contributed by atoms with Gasteiger partial charge in [-0.15, -0.1) is 0 Å². The highest BCUT2D eigenvalue weighted by Crippen LogP contribution is 2.14. The molecule has 0 aliphatic rings. The van der Waals surface area contributed by atoms with Gasteiger partial charge in [0.1, 0.15) is 0 Å². The number of nitrogens with zero attached hydrogens (tertiary/aromatic N) is 3. The van der Waals surface area contributed by atoms with Crippen molar-refractivity contribution in [1.82, 2.24) is 20.3 Å². The molecule has 0 saturated heterocycles. The third kappa shape index (κ3) is 3.49. The van der Waals surface area contributed by atoms with Gasteiger partial charge in [-0.1, -0.05) is 6.07 Å². The first-order chi connectivity index (χ1) is 8.90. The zero-order chi connectivity index (χ0) is 12.6. The van der Waals surface area contributed by atoms with Gasteiger partial charge in [0, 0.05) is 30.7 Å². The highest BCUT2D eigenvalue weighted by molar-refractivity contribution is 5.56. The fourth-order valence-electron chi connectivity index (χ4n) is 1.55. The number of rotatable bonds is 6. The molecular weight excluding hydrogens is 226 g/mol. The van der Waals surface area contributed by atoms with E-state index in [0.29, 0.717) is 5.95 Å². The van der Waals surface area contributed by atoms with Crippen LogP contribution in [0.25, 0.3) is 11.3 Å². The van der Waals surface area contributed by atoms with E-state index < -0.39 is 0 Å². The van der Waals surface area contributed by atoms with Crippen LogP contribution in [0.5, 0.6) is 0 Å². The minimum atomic E-state index is 0.658. The Kier molecular flexibility index (Phi) is 4.60. The van der Waals surface area contributed by atoms with Crippen LogP contribution < -0.4 is 10.6 Å². The summed E-state index contributed by atoms with van der Waals surface area (Å²) in [4.78, 5) is 12.8. The minimum absolute atomic E-state index is 0.658. The van der Waals surface area contributed by atoms with Crippen LogP contribution in [0.2, 0.25) is 0 Å². The summed E-state index contributed by atoms with van der Waals surface area (Å²) in [5.74, 6) is 0.658. The number of pyridine rings is 1. The molecule has 18 heavy (non-hydrogen) atoms. The Balaban J connectivity index is 1.94. The van der Waals surface area contributed by atoms with Crippen molar-refractivity contribution in [2.75, 3.05) is 25.5 Å². The fourth-order valence-corrected chi connectivity index (χ4v) is 1.55. The number of anilines is 1. The molecule has 0 unspecified atom stereocenters. The van der Waals surface area contributed by atoms with Crippen molar-refractivity contribution in [1.29, 1.82) is 0 Å². The quantitative estimate of drug-likeness (QED) is 0.754. The lowest BCUT2D eigenvalue weighted by Crippen LogP contribution is -2.13. The van der Waals surface area contributed by atoms with Crippen LogP contribution in [0.15, 0.2) is 36.8 Å². The molecule has 0 aliphatic carbocycles. The van der Waals surface area contributed by atoms with Gasteiger partial charge in [-0.3, -0.25) is 4.98 Å². The lowest BCUT2D eigenvalue weighted by molar-refractivity contribution is 0.745. The van der Waals surface area contributed by atoms with Gasteiger partial charge in [-0.2, -0.15) is 0 Å². The van der Waals surface area contributed by atoms with Gasteiger partial charge in [0.2, 0.25) is 5.95 Å². The van der Waals surface area contributed by atoms with E-state index >= 15 is 0 Å². The van der Waals surface area contributed by atoms with E-state index in [0.717, 1.165) is 30.8 Å². The number of hydrogen-bond donors (Lipinski definition) is 2. The number of hydrogen-bond acceptors (Lipinski definition) is 5. The zero-order valence-corrected chi connectivity index (χ0v) is 10.4. The first kappa shape index (κ1) is 12.4. The molecule has 0 saturated carbocycles. The molecule has 0 atom stereocenters. The molecule has 5 heteroatoms. The minimum Gasteiger partial charge on any atom is -0.354 e. The van der Waals surface area contributed by atoms with Crippen LogP contribution >= 0.6 is 0 Å². The smallest absolute Gasteiger partial charge is 0.222 e. The molecule has 94 valence electrons. The Morgan fingerprint density at radius 1 is 1.06 bits per heavy atom. The SMILES string of the molecule is CNCCCNc1ncc(-c2ccccn2)cn1. The number of aromatic nitrogens is 3. The first-order valence-electron chi connectivity index (χ1n) is 6.02. The Labute approximate surface area is 107 Å². The van der Waals surface area contributed by atoms with Gasteiger partial charge in [0.25, 0.3) is 0 Å². The zero-order valence-electron chi connectivity index (χ0n) is 10.4. The molecule has 2 N–H and O–H groups in total. The average molecular weight is 243 g/mol. The van der Waals surface area contributed by atoms with Crippen LogP contribution in [0, 0.1) is 0 Å². The van der Waals surface area contributed by atoms with E-state index in [1.54, 1.807) is 18.6 Å². The molecule has 2 aromatic heterocycles. The summed E-state index contributed by atoms with van der Waals surface area (Å²) < 4.78 is 0. The molecule has 2 rings (SSSR count). The Morgan fingerprint density at radius 3 is 2.56 bits per heavy atom. The van der Waals surface area contributed by atoms with E-state index in [9.17, 15) is 0 Å². The molecule has 0 amide bonds. The third-order valence-corrected chi connectivity index (χ3v) is 2.50.